The molecule has 2 heterocycles. The molecule has 8 heteroatoms. The first-order valence-electron chi connectivity index (χ1n) is 8.01. The fourth-order valence-electron chi connectivity index (χ4n) is 3.12. The van der Waals surface area contributed by atoms with Gasteiger partial charge in [-0.2, -0.15) is 0 Å². The number of fused-ring (bicyclic) bond motifs is 2. The Morgan fingerprint density at radius 2 is 2.00 bits per heavy atom. The number of amides is 1. The monoisotopic (exact) mass is 405 g/mol. The van der Waals surface area contributed by atoms with Gasteiger partial charge in [-0.05, 0) is 35.9 Å². The van der Waals surface area contributed by atoms with Crippen molar-refractivity contribution in [3.05, 3.63) is 57.6 Å². The molecule has 0 aliphatic carbocycles. The molecule has 2 aliphatic rings. The minimum Gasteiger partial charge on any atom is -0.454 e. The standard InChI is InChI=1S/C19H13Cl2NO5/c20-11-6-13(21)17-14(7-11)22-18(24)19(17,25)8-12(23)3-1-10-2-4-15-16(5-10)27-9-26-15/h1-7,25H,8-9H2,(H,22,24). The number of ketones is 1. The predicted octanol–water partition coefficient (Wildman–Crippen LogP) is 3.53. The number of hydrogen-bond donors (Lipinski definition) is 2. The minimum absolute atomic E-state index is 0.117. The summed E-state index contributed by atoms with van der Waals surface area (Å²) in [6, 6.07) is 8.13. The number of rotatable bonds is 4. The third-order valence-electron chi connectivity index (χ3n) is 4.38. The van der Waals surface area contributed by atoms with E-state index < -0.39 is 23.7 Å². The SMILES string of the molecule is O=C(C=Cc1ccc2c(c1)OCO2)CC1(O)C(=O)Nc2cc(Cl)cc(Cl)c21. The molecule has 0 bridgehead atoms. The minimum atomic E-state index is -2.05. The molecule has 1 amide bonds. The quantitative estimate of drug-likeness (QED) is 0.759. The van der Waals surface area contributed by atoms with Crippen LogP contribution in [0.2, 0.25) is 10.0 Å². The van der Waals surface area contributed by atoms with Crippen molar-refractivity contribution in [2.24, 2.45) is 0 Å². The summed E-state index contributed by atoms with van der Waals surface area (Å²) in [6.45, 7) is 0.160. The van der Waals surface area contributed by atoms with Crippen LogP contribution in [0.3, 0.4) is 0 Å². The second kappa shape index (κ2) is 6.56. The predicted molar refractivity (Wildman–Crippen MR) is 100 cm³/mol. The number of carbonyl (C=O) groups is 2. The molecule has 1 atom stereocenters. The Morgan fingerprint density at radius 1 is 1.22 bits per heavy atom. The topological polar surface area (TPSA) is 84.9 Å². The Morgan fingerprint density at radius 3 is 2.81 bits per heavy atom. The van der Waals surface area contributed by atoms with Gasteiger partial charge in [0.2, 0.25) is 6.79 Å². The Kier molecular flexibility index (Phi) is 4.34. The van der Waals surface area contributed by atoms with E-state index in [0.29, 0.717) is 22.2 Å². The van der Waals surface area contributed by atoms with E-state index in [4.69, 9.17) is 32.7 Å². The average molecular weight is 406 g/mol. The van der Waals surface area contributed by atoms with Crippen LogP contribution in [0, 0.1) is 0 Å². The van der Waals surface area contributed by atoms with Crippen LogP contribution in [0.15, 0.2) is 36.4 Å². The maximum Gasteiger partial charge on any atom is 0.261 e. The van der Waals surface area contributed by atoms with Gasteiger partial charge in [-0.25, -0.2) is 0 Å². The molecular weight excluding hydrogens is 393 g/mol. The molecule has 0 fully saturated rings. The molecule has 0 aromatic heterocycles. The molecule has 4 rings (SSSR count). The van der Waals surface area contributed by atoms with Crippen LogP contribution >= 0.6 is 23.2 Å². The Balaban J connectivity index is 1.55. The zero-order chi connectivity index (χ0) is 19.2. The fraction of sp³-hybridized carbons (Fsp3) is 0.158. The second-order valence-electron chi connectivity index (χ2n) is 6.21. The highest BCUT2D eigenvalue weighted by molar-refractivity contribution is 6.36. The number of allylic oxidation sites excluding steroid dienone is 1. The van der Waals surface area contributed by atoms with Crippen LogP contribution in [0.5, 0.6) is 11.5 Å². The number of hydrogen-bond acceptors (Lipinski definition) is 5. The third kappa shape index (κ3) is 3.16. The largest absolute Gasteiger partial charge is 0.454 e. The van der Waals surface area contributed by atoms with E-state index in [-0.39, 0.29) is 17.4 Å². The first-order valence-corrected chi connectivity index (χ1v) is 8.76. The van der Waals surface area contributed by atoms with E-state index in [1.165, 1.54) is 18.2 Å². The summed E-state index contributed by atoms with van der Waals surface area (Å²) in [6.07, 6.45) is 2.42. The van der Waals surface area contributed by atoms with Crippen LogP contribution in [-0.2, 0) is 15.2 Å². The lowest BCUT2D eigenvalue weighted by atomic mass is 9.89. The van der Waals surface area contributed by atoms with Gasteiger partial charge < -0.3 is 19.9 Å². The molecule has 1 unspecified atom stereocenters. The number of benzene rings is 2. The summed E-state index contributed by atoms with van der Waals surface area (Å²) in [5.41, 5.74) is -0.871. The summed E-state index contributed by atoms with van der Waals surface area (Å²) < 4.78 is 10.5. The van der Waals surface area contributed by atoms with Crippen LogP contribution in [0.25, 0.3) is 6.08 Å². The van der Waals surface area contributed by atoms with E-state index in [1.807, 2.05) is 0 Å². The van der Waals surface area contributed by atoms with Crippen LogP contribution in [0.4, 0.5) is 5.69 Å². The molecular formula is C19H13Cl2NO5. The molecule has 27 heavy (non-hydrogen) atoms. The summed E-state index contributed by atoms with van der Waals surface area (Å²) in [4.78, 5) is 24.7. The Labute approximate surface area is 164 Å². The molecule has 0 radical (unpaired) electrons. The first kappa shape index (κ1) is 17.9. The maximum absolute atomic E-state index is 12.4. The van der Waals surface area contributed by atoms with Gasteiger partial charge in [-0.1, -0.05) is 35.3 Å². The van der Waals surface area contributed by atoms with Crippen molar-refractivity contribution in [2.45, 2.75) is 12.0 Å². The number of halogens is 2. The Hall–Kier alpha value is -2.54. The van der Waals surface area contributed by atoms with Gasteiger partial charge in [-0.15, -0.1) is 0 Å². The van der Waals surface area contributed by atoms with Gasteiger partial charge in [-0.3, -0.25) is 9.59 Å². The van der Waals surface area contributed by atoms with Crippen molar-refractivity contribution in [1.29, 1.82) is 0 Å². The number of anilines is 1. The van der Waals surface area contributed by atoms with Crippen molar-refractivity contribution in [1.82, 2.24) is 0 Å². The number of ether oxygens (including phenoxy) is 2. The summed E-state index contributed by atoms with van der Waals surface area (Å²) in [7, 11) is 0. The maximum atomic E-state index is 12.4. The average Bonchev–Trinajstić information content (AvgIpc) is 3.15. The van der Waals surface area contributed by atoms with Crippen LogP contribution in [0.1, 0.15) is 17.5 Å². The molecule has 2 aliphatic heterocycles. The van der Waals surface area contributed by atoms with Gasteiger partial charge >= 0.3 is 0 Å². The lowest BCUT2D eigenvalue weighted by Gasteiger charge is -2.20. The molecule has 0 saturated carbocycles. The molecule has 2 N–H and O–H groups in total. The highest BCUT2D eigenvalue weighted by atomic mass is 35.5. The molecule has 6 nitrogen and oxygen atoms in total. The van der Waals surface area contributed by atoms with E-state index in [1.54, 1.807) is 24.3 Å². The molecule has 0 saturated heterocycles. The van der Waals surface area contributed by atoms with Gasteiger partial charge in [0, 0.05) is 10.6 Å². The normalized spacial score (nSPS) is 20.0. The van der Waals surface area contributed by atoms with Crippen LogP contribution in [-0.4, -0.2) is 23.6 Å². The van der Waals surface area contributed by atoms with Gasteiger partial charge in [0.1, 0.15) is 0 Å². The van der Waals surface area contributed by atoms with E-state index in [2.05, 4.69) is 5.32 Å². The lowest BCUT2D eigenvalue weighted by Crippen LogP contribution is -2.36. The number of nitrogens with one attached hydrogen (secondary N) is 1. The first-order chi connectivity index (χ1) is 12.9. The number of aliphatic hydroxyl groups is 1. The van der Waals surface area contributed by atoms with Crippen molar-refractivity contribution < 1.29 is 24.2 Å². The lowest BCUT2D eigenvalue weighted by molar-refractivity contribution is -0.138. The summed E-state index contributed by atoms with van der Waals surface area (Å²) in [5, 5.41) is 13.8. The Bertz CT molecular complexity index is 1000. The molecule has 2 aromatic rings. The van der Waals surface area contributed by atoms with Crippen molar-refractivity contribution >= 4 is 46.7 Å². The van der Waals surface area contributed by atoms with Crippen molar-refractivity contribution in [3.63, 3.8) is 0 Å². The number of carbonyl (C=O) groups excluding carboxylic acids is 2. The summed E-state index contributed by atoms with van der Waals surface area (Å²) in [5.74, 6) is 0.0759. The van der Waals surface area contributed by atoms with Gasteiger partial charge in [0.05, 0.1) is 17.1 Å². The smallest absolute Gasteiger partial charge is 0.261 e. The van der Waals surface area contributed by atoms with Gasteiger partial charge in [0.25, 0.3) is 5.91 Å². The molecule has 138 valence electrons. The van der Waals surface area contributed by atoms with E-state index in [9.17, 15) is 14.7 Å². The third-order valence-corrected chi connectivity index (χ3v) is 4.90. The fourth-order valence-corrected chi connectivity index (χ4v) is 3.77. The highest BCUT2D eigenvalue weighted by Gasteiger charge is 2.48. The van der Waals surface area contributed by atoms with Gasteiger partial charge in [0.15, 0.2) is 22.9 Å². The van der Waals surface area contributed by atoms with Crippen molar-refractivity contribution in [2.75, 3.05) is 12.1 Å². The molecule has 2 aromatic carbocycles. The van der Waals surface area contributed by atoms with Crippen molar-refractivity contribution in [3.8, 4) is 11.5 Å². The second-order valence-corrected chi connectivity index (χ2v) is 7.06. The van der Waals surface area contributed by atoms with E-state index in [0.717, 1.165) is 5.56 Å². The van der Waals surface area contributed by atoms with E-state index >= 15 is 0 Å². The highest BCUT2D eigenvalue weighted by Crippen LogP contribution is 2.44. The van der Waals surface area contributed by atoms with Crippen LogP contribution < -0.4 is 14.8 Å². The zero-order valence-electron chi connectivity index (χ0n) is 13.8. The molecule has 0 spiro atoms. The summed E-state index contributed by atoms with van der Waals surface area (Å²) >= 11 is 12.1. The zero-order valence-corrected chi connectivity index (χ0v) is 15.3.